The molecule has 29 heavy (non-hydrogen) atoms. The molecule has 0 amide bonds. The Bertz CT molecular complexity index is 1120. The summed E-state index contributed by atoms with van der Waals surface area (Å²) in [6.07, 6.45) is 10.7. The zero-order valence-electron chi connectivity index (χ0n) is 17.6. The Labute approximate surface area is 174 Å². The maximum atomic E-state index is 2.36. The largest absolute Gasteiger partial charge is 0.0874 e. The van der Waals surface area contributed by atoms with Crippen molar-refractivity contribution in [3.05, 3.63) is 124 Å². The molecule has 0 radical (unpaired) electrons. The van der Waals surface area contributed by atoms with E-state index in [1.807, 2.05) is 0 Å². The third-order valence-electron chi connectivity index (χ3n) is 5.68. The Hall–Kier alpha value is -3.12. The second kappa shape index (κ2) is 8.49. The molecule has 0 unspecified atom stereocenters. The van der Waals surface area contributed by atoms with E-state index in [9.17, 15) is 0 Å². The standard InChI is InChI=1S/C29H28/c1-4-10-22-19-23-12-6-8-14-27(23)28-15-9-7-13-24(28)20-25-18-21(3)16-17-29(25)26(22)11-5-2/h4-18H,19-20H2,1-3H3/b10-4-,11-5-,26-22-. The van der Waals surface area contributed by atoms with Gasteiger partial charge in [-0.1, -0.05) is 96.6 Å². The van der Waals surface area contributed by atoms with E-state index in [-0.39, 0.29) is 0 Å². The van der Waals surface area contributed by atoms with Crippen molar-refractivity contribution >= 4 is 5.57 Å². The molecule has 1 aliphatic rings. The lowest BCUT2D eigenvalue weighted by Gasteiger charge is -2.21. The Morgan fingerprint density at radius 1 is 0.621 bits per heavy atom. The summed E-state index contributed by atoms with van der Waals surface area (Å²) in [6.45, 7) is 6.40. The molecule has 0 heteroatoms. The van der Waals surface area contributed by atoms with Crippen LogP contribution in [0.15, 0.2) is 96.6 Å². The summed E-state index contributed by atoms with van der Waals surface area (Å²) in [5.41, 5.74) is 12.2. The third-order valence-corrected chi connectivity index (χ3v) is 5.68. The number of fused-ring (bicyclic) bond motifs is 4. The van der Waals surface area contributed by atoms with Crippen LogP contribution < -0.4 is 0 Å². The van der Waals surface area contributed by atoms with Crippen molar-refractivity contribution in [3.63, 3.8) is 0 Å². The van der Waals surface area contributed by atoms with Crippen LogP contribution in [0.4, 0.5) is 0 Å². The molecule has 0 N–H and O–H groups in total. The second-order valence-electron chi connectivity index (χ2n) is 7.77. The molecule has 0 heterocycles. The quantitative estimate of drug-likeness (QED) is 0.429. The summed E-state index contributed by atoms with van der Waals surface area (Å²) in [5.74, 6) is 0. The van der Waals surface area contributed by atoms with E-state index in [1.54, 1.807) is 0 Å². The molecule has 0 saturated heterocycles. The van der Waals surface area contributed by atoms with Gasteiger partial charge in [-0.2, -0.15) is 0 Å². The van der Waals surface area contributed by atoms with Crippen LogP contribution in [0.1, 0.15) is 41.7 Å². The molecule has 0 bridgehead atoms. The number of aryl methyl sites for hydroxylation is 1. The monoisotopic (exact) mass is 376 g/mol. The highest BCUT2D eigenvalue weighted by atomic mass is 14.2. The summed E-state index contributed by atoms with van der Waals surface area (Å²) < 4.78 is 0. The maximum absolute atomic E-state index is 2.36. The summed E-state index contributed by atoms with van der Waals surface area (Å²) in [6, 6.07) is 24.7. The molecule has 1 aliphatic carbocycles. The average Bonchev–Trinajstić information content (AvgIpc) is 2.73. The van der Waals surface area contributed by atoms with Crippen LogP contribution in [0, 0.1) is 6.92 Å². The molecule has 0 fully saturated rings. The molecule has 3 aromatic carbocycles. The minimum absolute atomic E-state index is 0.918. The fraction of sp³-hybridized carbons (Fsp3) is 0.172. The maximum Gasteiger partial charge on any atom is -0.00134 e. The molecule has 0 saturated carbocycles. The SMILES string of the molecule is C\C=C/C1=C(\C=C/C)c2ccc(C)cc2Cc2ccccc2-c2ccccc2C1. The van der Waals surface area contributed by atoms with Crippen LogP contribution in [0.5, 0.6) is 0 Å². The van der Waals surface area contributed by atoms with Crippen molar-refractivity contribution in [1.82, 2.24) is 0 Å². The lowest BCUT2D eigenvalue weighted by Crippen LogP contribution is -2.04. The van der Waals surface area contributed by atoms with Gasteiger partial charge in [0, 0.05) is 0 Å². The molecular weight excluding hydrogens is 348 g/mol. The smallest absolute Gasteiger partial charge is 0.00134 e. The van der Waals surface area contributed by atoms with Gasteiger partial charge in [0.25, 0.3) is 0 Å². The minimum Gasteiger partial charge on any atom is -0.0874 e. The molecular formula is C29H28. The van der Waals surface area contributed by atoms with Crippen LogP contribution in [0.25, 0.3) is 16.7 Å². The van der Waals surface area contributed by atoms with Gasteiger partial charge in [-0.3, -0.25) is 0 Å². The van der Waals surface area contributed by atoms with E-state index >= 15 is 0 Å². The summed E-state index contributed by atoms with van der Waals surface area (Å²) >= 11 is 0. The summed E-state index contributed by atoms with van der Waals surface area (Å²) in [7, 11) is 0. The van der Waals surface area contributed by atoms with Crippen molar-refractivity contribution in [2.45, 2.75) is 33.6 Å². The molecule has 3 aromatic rings. The van der Waals surface area contributed by atoms with Crippen molar-refractivity contribution in [3.8, 4) is 11.1 Å². The molecule has 144 valence electrons. The third kappa shape index (κ3) is 3.89. The number of benzene rings is 3. The highest BCUT2D eigenvalue weighted by Crippen LogP contribution is 2.36. The van der Waals surface area contributed by atoms with Crippen molar-refractivity contribution in [1.29, 1.82) is 0 Å². The highest BCUT2D eigenvalue weighted by molar-refractivity contribution is 5.83. The van der Waals surface area contributed by atoms with Gasteiger partial charge in [0.2, 0.25) is 0 Å². The van der Waals surface area contributed by atoms with E-state index in [1.165, 1.54) is 50.1 Å². The van der Waals surface area contributed by atoms with Gasteiger partial charge in [0.15, 0.2) is 0 Å². The summed E-state index contributed by atoms with van der Waals surface area (Å²) in [5, 5.41) is 0. The van der Waals surface area contributed by atoms with Crippen molar-refractivity contribution < 1.29 is 0 Å². The zero-order valence-corrected chi connectivity index (χ0v) is 17.6. The van der Waals surface area contributed by atoms with Gasteiger partial charge in [-0.15, -0.1) is 0 Å². The first kappa shape index (κ1) is 19.2. The van der Waals surface area contributed by atoms with Gasteiger partial charge in [0.05, 0.1) is 0 Å². The van der Waals surface area contributed by atoms with E-state index in [4.69, 9.17) is 0 Å². The van der Waals surface area contributed by atoms with Gasteiger partial charge < -0.3 is 0 Å². The van der Waals surface area contributed by atoms with Crippen molar-refractivity contribution in [2.24, 2.45) is 0 Å². The summed E-state index contributed by atoms with van der Waals surface area (Å²) in [4.78, 5) is 0. The minimum atomic E-state index is 0.918. The van der Waals surface area contributed by atoms with Crippen LogP contribution >= 0.6 is 0 Å². The zero-order chi connectivity index (χ0) is 20.2. The Morgan fingerprint density at radius 3 is 1.90 bits per heavy atom. The average molecular weight is 377 g/mol. The van der Waals surface area contributed by atoms with Crippen LogP contribution in [0.2, 0.25) is 0 Å². The van der Waals surface area contributed by atoms with E-state index in [0.717, 1.165) is 12.8 Å². The van der Waals surface area contributed by atoms with Crippen LogP contribution in [-0.2, 0) is 12.8 Å². The van der Waals surface area contributed by atoms with Gasteiger partial charge in [-0.05, 0) is 78.1 Å². The van der Waals surface area contributed by atoms with Crippen molar-refractivity contribution in [2.75, 3.05) is 0 Å². The Kier molecular flexibility index (Phi) is 5.62. The predicted molar refractivity (Wildman–Crippen MR) is 126 cm³/mol. The van der Waals surface area contributed by atoms with E-state index < -0.39 is 0 Å². The lowest BCUT2D eigenvalue weighted by molar-refractivity contribution is 1.14. The second-order valence-corrected chi connectivity index (χ2v) is 7.77. The number of hydrogen-bond acceptors (Lipinski definition) is 0. The van der Waals surface area contributed by atoms with Crippen LogP contribution in [0.3, 0.4) is 0 Å². The Balaban J connectivity index is 2.08. The molecule has 0 aromatic heterocycles. The predicted octanol–water partition coefficient (Wildman–Crippen LogP) is 7.71. The topological polar surface area (TPSA) is 0 Å². The number of allylic oxidation sites excluding steroid dienone is 6. The van der Waals surface area contributed by atoms with Crippen LogP contribution in [-0.4, -0.2) is 0 Å². The molecule has 0 spiro atoms. The number of rotatable bonds is 2. The molecule has 4 rings (SSSR count). The first-order valence-electron chi connectivity index (χ1n) is 10.5. The molecule has 0 nitrogen and oxygen atoms in total. The van der Waals surface area contributed by atoms with Gasteiger partial charge >= 0.3 is 0 Å². The fourth-order valence-corrected chi connectivity index (χ4v) is 4.40. The molecule has 0 atom stereocenters. The van der Waals surface area contributed by atoms with Gasteiger partial charge in [0.1, 0.15) is 0 Å². The first-order valence-corrected chi connectivity index (χ1v) is 10.5. The van der Waals surface area contributed by atoms with Gasteiger partial charge in [-0.25, -0.2) is 0 Å². The van der Waals surface area contributed by atoms with E-state index in [2.05, 4.69) is 112 Å². The lowest BCUT2D eigenvalue weighted by atomic mass is 9.83. The van der Waals surface area contributed by atoms with E-state index in [0.29, 0.717) is 0 Å². The first-order chi connectivity index (χ1) is 14.2. The normalized spacial score (nSPS) is 16.5. The molecule has 0 aliphatic heterocycles. The fourth-order valence-electron chi connectivity index (χ4n) is 4.40. The Morgan fingerprint density at radius 2 is 1.24 bits per heavy atom. The number of hydrogen-bond donors (Lipinski definition) is 0. The highest BCUT2D eigenvalue weighted by Gasteiger charge is 2.17.